The molecule has 0 radical (unpaired) electrons. The van der Waals surface area contributed by atoms with Crippen molar-refractivity contribution in [2.24, 2.45) is 0 Å². The largest absolute Gasteiger partial charge is 0.493 e. The number of likely N-dealkylation sites (N-methyl/N-ethyl adjacent to an activating group) is 1. The van der Waals surface area contributed by atoms with E-state index in [0.29, 0.717) is 0 Å². The number of rotatable bonds is 7. The zero-order chi connectivity index (χ0) is 12.7. The first-order valence-corrected chi connectivity index (χ1v) is 5.79. The fourth-order valence-electron chi connectivity index (χ4n) is 1.65. The highest BCUT2D eigenvalue weighted by Gasteiger charge is 2.07. The van der Waals surface area contributed by atoms with Crippen LogP contribution in [0.15, 0.2) is 12.1 Å². The molecule has 0 spiro atoms. The average molecular weight is 238 g/mol. The summed E-state index contributed by atoms with van der Waals surface area (Å²) in [6.07, 6.45) is 0. The summed E-state index contributed by atoms with van der Waals surface area (Å²) in [6.45, 7) is 4.83. The maximum absolute atomic E-state index is 5.29. The van der Waals surface area contributed by atoms with Gasteiger partial charge in [-0.25, -0.2) is 0 Å². The molecule has 0 heterocycles. The number of methoxy groups -OCH3 is 2. The Bertz CT molecular complexity index is 354. The molecule has 4 heteroatoms. The summed E-state index contributed by atoms with van der Waals surface area (Å²) in [7, 11) is 5.26. The van der Waals surface area contributed by atoms with E-state index in [2.05, 4.69) is 17.6 Å². The molecule has 0 aliphatic rings. The first kappa shape index (κ1) is 13.8. The highest BCUT2D eigenvalue weighted by Crippen LogP contribution is 2.30. The van der Waals surface area contributed by atoms with Crippen LogP contribution in [0.25, 0.3) is 0 Å². The van der Waals surface area contributed by atoms with Crippen molar-refractivity contribution in [2.45, 2.75) is 13.5 Å². The van der Waals surface area contributed by atoms with E-state index in [1.807, 2.05) is 19.2 Å². The Morgan fingerprint density at radius 3 is 2.29 bits per heavy atom. The van der Waals surface area contributed by atoms with E-state index in [-0.39, 0.29) is 0 Å². The first-order chi connectivity index (χ1) is 8.22. The van der Waals surface area contributed by atoms with Gasteiger partial charge in [-0.1, -0.05) is 0 Å². The lowest BCUT2D eigenvalue weighted by Gasteiger charge is -2.13. The summed E-state index contributed by atoms with van der Waals surface area (Å²) in [5.74, 6) is 1.56. The lowest BCUT2D eigenvalue weighted by molar-refractivity contribution is 0.354. The zero-order valence-corrected chi connectivity index (χ0v) is 11.1. The Morgan fingerprint density at radius 1 is 1.06 bits per heavy atom. The summed E-state index contributed by atoms with van der Waals surface area (Å²) >= 11 is 0. The molecule has 0 unspecified atom stereocenters. The van der Waals surface area contributed by atoms with Crippen LogP contribution in [0.1, 0.15) is 11.1 Å². The van der Waals surface area contributed by atoms with Crippen molar-refractivity contribution in [2.75, 3.05) is 34.4 Å². The molecular weight excluding hydrogens is 216 g/mol. The van der Waals surface area contributed by atoms with E-state index in [4.69, 9.17) is 9.47 Å². The van der Waals surface area contributed by atoms with Crippen molar-refractivity contribution in [3.63, 3.8) is 0 Å². The smallest absolute Gasteiger partial charge is 0.161 e. The van der Waals surface area contributed by atoms with E-state index >= 15 is 0 Å². The third-order valence-electron chi connectivity index (χ3n) is 2.71. The molecule has 0 saturated carbocycles. The molecule has 0 saturated heterocycles. The number of benzene rings is 1. The Balaban J connectivity index is 2.71. The molecule has 4 nitrogen and oxygen atoms in total. The lowest BCUT2D eigenvalue weighted by atomic mass is 10.1. The van der Waals surface area contributed by atoms with Gasteiger partial charge in [-0.15, -0.1) is 0 Å². The number of nitrogens with one attached hydrogen (secondary N) is 2. The van der Waals surface area contributed by atoms with Gasteiger partial charge in [-0.05, 0) is 37.2 Å². The number of hydrogen-bond donors (Lipinski definition) is 2. The molecule has 0 aromatic heterocycles. The van der Waals surface area contributed by atoms with Gasteiger partial charge in [-0.2, -0.15) is 0 Å². The van der Waals surface area contributed by atoms with Crippen molar-refractivity contribution in [1.29, 1.82) is 0 Å². The summed E-state index contributed by atoms with van der Waals surface area (Å²) < 4.78 is 10.6. The molecule has 1 aromatic carbocycles. The second-order valence-electron chi connectivity index (χ2n) is 3.91. The number of aryl methyl sites for hydroxylation is 1. The van der Waals surface area contributed by atoms with E-state index in [0.717, 1.165) is 31.1 Å². The maximum atomic E-state index is 5.29. The summed E-state index contributed by atoms with van der Waals surface area (Å²) in [5.41, 5.74) is 2.44. The first-order valence-electron chi connectivity index (χ1n) is 5.79. The molecule has 2 N–H and O–H groups in total. The molecule has 0 fully saturated rings. The summed E-state index contributed by atoms with van der Waals surface area (Å²) in [5, 5.41) is 6.48. The van der Waals surface area contributed by atoms with Gasteiger partial charge in [0.1, 0.15) is 0 Å². The van der Waals surface area contributed by atoms with Gasteiger partial charge >= 0.3 is 0 Å². The van der Waals surface area contributed by atoms with Crippen LogP contribution in [0.5, 0.6) is 11.5 Å². The number of ether oxygens (including phenoxy) is 2. The van der Waals surface area contributed by atoms with Crippen LogP contribution in [0.3, 0.4) is 0 Å². The third-order valence-corrected chi connectivity index (χ3v) is 2.71. The zero-order valence-electron chi connectivity index (χ0n) is 11.1. The monoisotopic (exact) mass is 238 g/mol. The quantitative estimate of drug-likeness (QED) is 0.703. The van der Waals surface area contributed by atoms with E-state index in [1.54, 1.807) is 14.2 Å². The Kier molecular flexibility index (Phi) is 5.80. The standard InChI is InChI=1S/C13H22N2O2/c1-10-7-12(16-3)13(17-4)8-11(10)9-15-6-5-14-2/h7-8,14-15H,5-6,9H2,1-4H3. The van der Waals surface area contributed by atoms with Gasteiger partial charge in [0.2, 0.25) is 0 Å². The average Bonchev–Trinajstić information content (AvgIpc) is 2.35. The van der Waals surface area contributed by atoms with Crippen molar-refractivity contribution in [1.82, 2.24) is 10.6 Å². The summed E-state index contributed by atoms with van der Waals surface area (Å²) in [6, 6.07) is 4.04. The van der Waals surface area contributed by atoms with Gasteiger partial charge in [0.25, 0.3) is 0 Å². The van der Waals surface area contributed by atoms with Crippen LogP contribution in [-0.4, -0.2) is 34.4 Å². The number of hydrogen-bond acceptors (Lipinski definition) is 4. The SMILES string of the molecule is CNCCNCc1cc(OC)c(OC)cc1C. The fraction of sp³-hybridized carbons (Fsp3) is 0.538. The Hall–Kier alpha value is -1.26. The fourth-order valence-corrected chi connectivity index (χ4v) is 1.65. The molecule has 0 atom stereocenters. The van der Waals surface area contributed by atoms with Crippen molar-refractivity contribution < 1.29 is 9.47 Å². The highest BCUT2D eigenvalue weighted by atomic mass is 16.5. The van der Waals surface area contributed by atoms with Crippen molar-refractivity contribution in [3.05, 3.63) is 23.3 Å². The predicted octanol–water partition coefficient (Wildman–Crippen LogP) is 1.32. The molecule has 0 bridgehead atoms. The maximum Gasteiger partial charge on any atom is 0.161 e. The highest BCUT2D eigenvalue weighted by molar-refractivity contribution is 5.46. The van der Waals surface area contributed by atoms with Gasteiger partial charge in [0.15, 0.2) is 11.5 Å². The van der Waals surface area contributed by atoms with Crippen molar-refractivity contribution in [3.8, 4) is 11.5 Å². The third kappa shape index (κ3) is 3.91. The van der Waals surface area contributed by atoms with E-state index < -0.39 is 0 Å². The molecule has 0 aliphatic heterocycles. The van der Waals surface area contributed by atoms with E-state index in [9.17, 15) is 0 Å². The van der Waals surface area contributed by atoms with Crippen LogP contribution >= 0.6 is 0 Å². The second-order valence-corrected chi connectivity index (χ2v) is 3.91. The molecule has 1 rings (SSSR count). The summed E-state index contributed by atoms with van der Waals surface area (Å²) in [4.78, 5) is 0. The topological polar surface area (TPSA) is 42.5 Å². The van der Waals surface area contributed by atoms with Crippen LogP contribution in [0, 0.1) is 6.92 Å². The molecule has 17 heavy (non-hydrogen) atoms. The lowest BCUT2D eigenvalue weighted by Crippen LogP contribution is -2.24. The van der Waals surface area contributed by atoms with Crippen LogP contribution in [0.2, 0.25) is 0 Å². The normalized spacial score (nSPS) is 10.4. The second kappa shape index (κ2) is 7.14. The molecule has 96 valence electrons. The van der Waals surface area contributed by atoms with Gasteiger partial charge in [0, 0.05) is 19.6 Å². The minimum Gasteiger partial charge on any atom is -0.493 e. The van der Waals surface area contributed by atoms with Crippen LogP contribution in [-0.2, 0) is 6.54 Å². The molecular formula is C13H22N2O2. The van der Waals surface area contributed by atoms with Crippen molar-refractivity contribution >= 4 is 0 Å². The van der Waals surface area contributed by atoms with Crippen LogP contribution < -0.4 is 20.1 Å². The minimum absolute atomic E-state index is 0.781. The van der Waals surface area contributed by atoms with Gasteiger partial charge in [0.05, 0.1) is 14.2 Å². The van der Waals surface area contributed by atoms with E-state index in [1.165, 1.54) is 11.1 Å². The molecule has 1 aromatic rings. The Labute approximate surface area is 103 Å². The molecule has 0 aliphatic carbocycles. The minimum atomic E-state index is 0.781. The predicted molar refractivity (Wildman–Crippen MR) is 69.9 cm³/mol. The Morgan fingerprint density at radius 2 is 1.71 bits per heavy atom. The van der Waals surface area contributed by atoms with Gasteiger partial charge in [-0.3, -0.25) is 0 Å². The molecule has 0 amide bonds. The van der Waals surface area contributed by atoms with Gasteiger partial charge < -0.3 is 20.1 Å². The van der Waals surface area contributed by atoms with Crippen LogP contribution in [0.4, 0.5) is 0 Å².